The first-order chi connectivity index (χ1) is 4.57. The smallest absolute Gasteiger partial charge is 0.0966 e. The highest BCUT2D eigenvalue weighted by atomic mass is 32.2. The highest BCUT2D eigenvalue weighted by Crippen LogP contribution is 2.06. The van der Waals surface area contributed by atoms with Crippen LogP contribution in [0.3, 0.4) is 0 Å². The van der Waals surface area contributed by atoms with Gasteiger partial charge in [0.1, 0.15) is 0 Å². The van der Waals surface area contributed by atoms with Gasteiger partial charge in [0.05, 0.1) is 11.2 Å². The van der Waals surface area contributed by atoms with Gasteiger partial charge in [-0.1, -0.05) is 0 Å². The van der Waals surface area contributed by atoms with Crippen molar-refractivity contribution in [2.75, 3.05) is 20.4 Å². The Kier molecular flexibility index (Phi) is 4.52. The maximum atomic E-state index is 4.40. The third-order valence-corrected chi connectivity index (χ3v) is 2.14. The van der Waals surface area contributed by atoms with Gasteiger partial charge in [0.15, 0.2) is 0 Å². The van der Waals surface area contributed by atoms with Crippen molar-refractivity contribution in [3.05, 3.63) is 0 Å². The molecule has 2 nitrogen and oxygen atoms in total. The van der Waals surface area contributed by atoms with Gasteiger partial charge in [-0.3, -0.25) is 4.99 Å². The van der Waals surface area contributed by atoms with Crippen molar-refractivity contribution in [1.82, 2.24) is 4.90 Å². The average molecular weight is 160 g/mol. The van der Waals surface area contributed by atoms with E-state index in [2.05, 4.69) is 18.2 Å². The second-order valence-corrected chi connectivity index (χ2v) is 3.56. The summed E-state index contributed by atoms with van der Waals surface area (Å²) in [6.07, 6.45) is 2.07. The van der Waals surface area contributed by atoms with Gasteiger partial charge in [0.25, 0.3) is 0 Å². The zero-order valence-electron chi connectivity index (χ0n) is 7.38. The van der Waals surface area contributed by atoms with Gasteiger partial charge in [-0.15, -0.1) is 11.8 Å². The van der Waals surface area contributed by atoms with Gasteiger partial charge in [-0.25, -0.2) is 0 Å². The van der Waals surface area contributed by atoms with Crippen molar-refractivity contribution in [3.63, 3.8) is 0 Å². The molecule has 0 aromatic carbocycles. The van der Waals surface area contributed by atoms with E-state index in [1.54, 1.807) is 11.8 Å². The van der Waals surface area contributed by atoms with E-state index in [-0.39, 0.29) is 0 Å². The van der Waals surface area contributed by atoms with Crippen molar-refractivity contribution < 1.29 is 0 Å². The molecule has 3 heteroatoms. The number of hydrogen-bond donors (Lipinski definition) is 0. The molecule has 1 unspecified atom stereocenters. The fourth-order valence-electron chi connectivity index (χ4n) is 0.431. The zero-order valence-corrected chi connectivity index (χ0v) is 8.20. The van der Waals surface area contributed by atoms with E-state index in [0.717, 1.165) is 5.84 Å². The number of amidine groups is 1. The van der Waals surface area contributed by atoms with Crippen molar-refractivity contribution in [2.24, 2.45) is 4.99 Å². The zero-order chi connectivity index (χ0) is 8.15. The quantitative estimate of drug-likeness (QED) is 0.451. The van der Waals surface area contributed by atoms with Crippen LogP contribution in [-0.2, 0) is 0 Å². The minimum absolute atomic E-state index is 0.377. The van der Waals surface area contributed by atoms with Gasteiger partial charge in [0.2, 0.25) is 0 Å². The molecule has 0 spiro atoms. The summed E-state index contributed by atoms with van der Waals surface area (Å²) in [6.45, 7) is 4.12. The molecule has 0 saturated heterocycles. The first kappa shape index (κ1) is 9.82. The van der Waals surface area contributed by atoms with Gasteiger partial charge < -0.3 is 4.90 Å². The maximum Gasteiger partial charge on any atom is 0.0966 e. The number of hydrogen-bond acceptors (Lipinski definition) is 2. The number of aliphatic imine (C=N–C) groups is 1. The number of nitrogens with zero attached hydrogens (tertiary/aromatic N) is 2. The van der Waals surface area contributed by atoms with Gasteiger partial charge >= 0.3 is 0 Å². The lowest BCUT2D eigenvalue weighted by molar-refractivity contribution is 0.613. The van der Waals surface area contributed by atoms with Crippen molar-refractivity contribution in [3.8, 4) is 0 Å². The summed E-state index contributed by atoms with van der Waals surface area (Å²) in [5.74, 6) is 1.09. The third-order valence-electron chi connectivity index (χ3n) is 1.36. The SMILES string of the molecule is CSC(C)/N=C(\C)N(C)C. The minimum atomic E-state index is 0.377. The Morgan fingerprint density at radius 3 is 2.30 bits per heavy atom. The van der Waals surface area contributed by atoms with Crippen LogP contribution in [-0.4, -0.2) is 36.5 Å². The molecule has 0 bridgehead atoms. The Morgan fingerprint density at radius 1 is 1.50 bits per heavy atom. The lowest BCUT2D eigenvalue weighted by atomic mass is 10.6. The molecule has 0 N–H and O–H groups in total. The lowest BCUT2D eigenvalue weighted by Gasteiger charge is -2.12. The molecule has 0 radical (unpaired) electrons. The molecule has 1 atom stereocenters. The van der Waals surface area contributed by atoms with Gasteiger partial charge in [-0.05, 0) is 20.1 Å². The summed E-state index contributed by atoms with van der Waals surface area (Å²) in [5.41, 5.74) is 0. The topological polar surface area (TPSA) is 15.6 Å². The van der Waals surface area contributed by atoms with E-state index < -0.39 is 0 Å². The largest absolute Gasteiger partial charge is 0.367 e. The van der Waals surface area contributed by atoms with Crippen LogP contribution in [0.4, 0.5) is 0 Å². The maximum absolute atomic E-state index is 4.40. The van der Waals surface area contributed by atoms with E-state index in [0.29, 0.717) is 5.37 Å². The molecule has 0 aliphatic heterocycles. The molecule has 0 aromatic heterocycles. The normalized spacial score (nSPS) is 15.1. The van der Waals surface area contributed by atoms with Crippen molar-refractivity contribution in [1.29, 1.82) is 0 Å². The summed E-state index contributed by atoms with van der Waals surface area (Å²) >= 11 is 1.76. The Labute approximate surface area is 67.7 Å². The Balaban J connectivity index is 3.89. The molecule has 10 heavy (non-hydrogen) atoms. The fraction of sp³-hybridized carbons (Fsp3) is 0.857. The van der Waals surface area contributed by atoms with Crippen LogP contribution in [0.2, 0.25) is 0 Å². The molecule has 0 aliphatic carbocycles. The van der Waals surface area contributed by atoms with Crippen molar-refractivity contribution in [2.45, 2.75) is 19.2 Å². The third kappa shape index (κ3) is 3.77. The van der Waals surface area contributed by atoms with E-state index in [4.69, 9.17) is 0 Å². The molecule has 0 saturated carbocycles. The first-order valence-electron chi connectivity index (χ1n) is 3.32. The molecule has 0 amide bonds. The molecule has 0 heterocycles. The van der Waals surface area contributed by atoms with Crippen LogP contribution < -0.4 is 0 Å². The Bertz CT molecular complexity index is 121. The average Bonchev–Trinajstić information content (AvgIpc) is 1.87. The van der Waals surface area contributed by atoms with Crippen LogP contribution in [0.1, 0.15) is 13.8 Å². The molecule has 0 rings (SSSR count). The first-order valence-corrected chi connectivity index (χ1v) is 4.61. The van der Waals surface area contributed by atoms with Gasteiger partial charge in [0, 0.05) is 14.1 Å². The summed E-state index contributed by atoms with van der Waals surface area (Å²) in [4.78, 5) is 6.42. The monoisotopic (exact) mass is 160 g/mol. The van der Waals surface area contributed by atoms with E-state index in [1.807, 2.05) is 25.9 Å². The number of thioether (sulfide) groups is 1. The predicted octanol–water partition coefficient (Wildman–Crippen LogP) is 1.68. The highest BCUT2D eigenvalue weighted by molar-refractivity contribution is 7.99. The standard InChI is InChI=1S/C7H16N2S/c1-6(9(3)4)8-7(2)10-5/h7H,1-5H3/b8-6+. The highest BCUT2D eigenvalue weighted by Gasteiger charge is 1.96. The van der Waals surface area contributed by atoms with Crippen LogP contribution in [0.5, 0.6) is 0 Å². The fourth-order valence-corrected chi connectivity index (χ4v) is 0.689. The molecule has 0 aliphatic rings. The summed E-state index contributed by atoms with van der Waals surface area (Å²) in [7, 11) is 4.01. The van der Waals surface area contributed by atoms with E-state index >= 15 is 0 Å². The Morgan fingerprint density at radius 2 is 2.00 bits per heavy atom. The van der Waals surface area contributed by atoms with Crippen molar-refractivity contribution >= 4 is 17.6 Å². The van der Waals surface area contributed by atoms with Crippen LogP contribution in [0.15, 0.2) is 4.99 Å². The van der Waals surface area contributed by atoms with E-state index in [1.165, 1.54) is 0 Å². The second-order valence-electron chi connectivity index (χ2n) is 2.41. The van der Waals surface area contributed by atoms with Crippen LogP contribution >= 0.6 is 11.8 Å². The molecule has 60 valence electrons. The molecule has 0 aromatic rings. The second kappa shape index (κ2) is 4.61. The van der Waals surface area contributed by atoms with Crippen LogP contribution in [0.25, 0.3) is 0 Å². The molecular formula is C7H16N2S. The Hall–Kier alpha value is -0.180. The number of rotatable bonds is 2. The van der Waals surface area contributed by atoms with E-state index in [9.17, 15) is 0 Å². The minimum Gasteiger partial charge on any atom is -0.367 e. The summed E-state index contributed by atoms with van der Waals surface area (Å²) in [5, 5.41) is 0.377. The van der Waals surface area contributed by atoms with Crippen LogP contribution in [0, 0.1) is 0 Å². The van der Waals surface area contributed by atoms with Gasteiger partial charge in [-0.2, -0.15) is 0 Å². The summed E-state index contributed by atoms with van der Waals surface area (Å²) < 4.78 is 0. The molecular weight excluding hydrogens is 144 g/mol. The lowest BCUT2D eigenvalue weighted by Crippen LogP contribution is -2.19. The summed E-state index contributed by atoms with van der Waals surface area (Å²) in [6, 6.07) is 0. The molecule has 0 fully saturated rings. The predicted molar refractivity (Wildman–Crippen MR) is 49.8 cm³/mol.